The van der Waals surface area contributed by atoms with E-state index >= 15 is 0 Å². The molecule has 0 bridgehead atoms. The Labute approximate surface area is 119 Å². The zero-order valence-electron chi connectivity index (χ0n) is 12.0. The summed E-state index contributed by atoms with van der Waals surface area (Å²) in [5.74, 6) is 0.729. The fourth-order valence-corrected chi connectivity index (χ4v) is 2.30. The predicted octanol–water partition coefficient (Wildman–Crippen LogP) is 2.37. The molecule has 108 valence electrons. The Kier molecular flexibility index (Phi) is 4.93. The summed E-state index contributed by atoms with van der Waals surface area (Å²) in [6, 6.07) is 7.72. The quantitative estimate of drug-likeness (QED) is 0.828. The molecule has 1 aliphatic carbocycles. The van der Waals surface area contributed by atoms with E-state index in [9.17, 15) is 4.79 Å². The van der Waals surface area contributed by atoms with Crippen LogP contribution in [0.4, 0.5) is 0 Å². The van der Waals surface area contributed by atoms with Crippen LogP contribution in [0.5, 0.6) is 5.75 Å². The largest absolute Gasteiger partial charge is 0.497 e. The van der Waals surface area contributed by atoms with Gasteiger partial charge in [-0.2, -0.15) is 0 Å². The summed E-state index contributed by atoms with van der Waals surface area (Å²) in [6.07, 6.45) is 2.93. The van der Waals surface area contributed by atoms with Crippen molar-refractivity contribution in [2.24, 2.45) is 5.92 Å². The van der Waals surface area contributed by atoms with Gasteiger partial charge >= 0.3 is 0 Å². The number of allylic oxidation sites excluding steroid dienone is 1. The average molecular weight is 276 g/mol. The van der Waals surface area contributed by atoms with Crippen LogP contribution < -0.4 is 4.74 Å². The summed E-state index contributed by atoms with van der Waals surface area (Å²) < 4.78 is 16.4. The average Bonchev–Trinajstić information content (AvgIpc) is 2.49. The van der Waals surface area contributed by atoms with Crippen LogP contribution in [0.3, 0.4) is 0 Å². The van der Waals surface area contributed by atoms with Crippen molar-refractivity contribution in [3.05, 3.63) is 42.0 Å². The molecule has 0 fully saturated rings. The van der Waals surface area contributed by atoms with Crippen LogP contribution in [0.1, 0.15) is 12.5 Å². The number of methoxy groups -OCH3 is 2. The van der Waals surface area contributed by atoms with Crippen LogP contribution in [-0.4, -0.2) is 32.2 Å². The maximum Gasteiger partial charge on any atom is 0.160 e. The Morgan fingerprint density at radius 1 is 1.15 bits per heavy atom. The molecule has 2 rings (SSSR count). The fourth-order valence-electron chi connectivity index (χ4n) is 2.30. The molecule has 0 unspecified atom stereocenters. The molecule has 0 saturated carbocycles. The summed E-state index contributed by atoms with van der Waals surface area (Å²) in [5, 5.41) is 0. The van der Waals surface area contributed by atoms with Crippen LogP contribution in [-0.2, 0) is 20.9 Å². The number of carbonyl (C=O) groups excluding carboxylic acids is 1. The topological polar surface area (TPSA) is 44.8 Å². The second kappa shape index (κ2) is 6.68. The van der Waals surface area contributed by atoms with Crippen molar-refractivity contribution in [3.8, 4) is 5.75 Å². The molecule has 4 nitrogen and oxygen atoms in total. The van der Waals surface area contributed by atoms with Gasteiger partial charge < -0.3 is 14.2 Å². The SMILES string of the molecule is COc1ccc(CO[C@@H]2C=CC(=O)[C@@H](C)[C@H]2OC)cc1. The summed E-state index contributed by atoms with van der Waals surface area (Å²) in [7, 11) is 3.25. The number of ketones is 1. The van der Waals surface area contributed by atoms with Gasteiger partial charge in [0.15, 0.2) is 5.78 Å². The number of carbonyl (C=O) groups is 1. The second-order valence-electron chi connectivity index (χ2n) is 4.87. The first-order valence-corrected chi connectivity index (χ1v) is 6.65. The van der Waals surface area contributed by atoms with Crippen molar-refractivity contribution in [1.82, 2.24) is 0 Å². The Morgan fingerprint density at radius 3 is 2.45 bits per heavy atom. The zero-order valence-corrected chi connectivity index (χ0v) is 12.0. The Bertz CT molecular complexity index is 478. The van der Waals surface area contributed by atoms with Gasteiger partial charge in [0.25, 0.3) is 0 Å². The Morgan fingerprint density at radius 2 is 1.85 bits per heavy atom. The minimum absolute atomic E-state index is 0.0844. The van der Waals surface area contributed by atoms with Gasteiger partial charge in [0, 0.05) is 13.0 Å². The van der Waals surface area contributed by atoms with E-state index in [4.69, 9.17) is 14.2 Å². The maximum atomic E-state index is 11.6. The summed E-state index contributed by atoms with van der Waals surface area (Å²) in [6.45, 7) is 2.34. The second-order valence-corrected chi connectivity index (χ2v) is 4.87. The molecule has 0 radical (unpaired) electrons. The highest BCUT2D eigenvalue weighted by atomic mass is 16.5. The summed E-state index contributed by atoms with van der Waals surface area (Å²) in [4.78, 5) is 11.6. The van der Waals surface area contributed by atoms with E-state index in [1.807, 2.05) is 31.2 Å². The van der Waals surface area contributed by atoms with Crippen LogP contribution in [0.25, 0.3) is 0 Å². The lowest BCUT2D eigenvalue weighted by Gasteiger charge is -2.30. The van der Waals surface area contributed by atoms with Crippen molar-refractivity contribution in [2.75, 3.05) is 14.2 Å². The first-order chi connectivity index (χ1) is 9.65. The van der Waals surface area contributed by atoms with Crippen LogP contribution in [0.2, 0.25) is 0 Å². The molecular weight excluding hydrogens is 256 g/mol. The maximum absolute atomic E-state index is 11.6. The van der Waals surface area contributed by atoms with Gasteiger partial charge in [-0.05, 0) is 29.8 Å². The van der Waals surface area contributed by atoms with Crippen LogP contribution in [0.15, 0.2) is 36.4 Å². The van der Waals surface area contributed by atoms with E-state index in [-0.39, 0.29) is 23.9 Å². The normalized spacial score (nSPS) is 25.8. The van der Waals surface area contributed by atoms with Crippen LogP contribution in [0, 0.1) is 5.92 Å². The monoisotopic (exact) mass is 276 g/mol. The molecule has 1 aliphatic rings. The molecule has 0 amide bonds. The van der Waals surface area contributed by atoms with Gasteiger partial charge in [-0.3, -0.25) is 4.79 Å². The standard InChI is InChI=1S/C16H20O4/c1-11-14(17)8-9-15(16(11)19-3)20-10-12-4-6-13(18-2)7-5-12/h4-9,11,15-16H,10H2,1-3H3/t11-,15-,16-/m1/s1. The first-order valence-electron chi connectivity index (χ1n) is 6.65. The summed E-state index contributed by atoms with van der Waals surface area (Å²) >= 11 is 0. The first kappa shape index (κ1) is 14.8. The predicted molar refractivity (Wildman–Crippen MR) is 75.7 cm³/mol. The van der Waals surface area contributed by atoms with E-state index in [0.29, 0.717) is 6.61 Å². The van der Waals surface area contributed by atoms with Crippen molar-refractivity contribution < 1.29 is 19.0 Å². The third-order valence-corrected chi connectivity index (χ3v) is 3.59. The van der Waals surface area contributed by atoms with E-state index < -0.39 is 0 Å². The van der Waals surface area contributed by atoms with E-state index in [1.54, 1.807) is 26.4 Å². The van der Waals surface area contributed by atoms with Crippen molar-refractivity contribution >= 4 is 5.78 Å². The highest BCUT2D eigenvalue weighted by molar-refractivity contribution is 5.93. The molecule has 3 atom stereocenters. The van der Waals surface area contributed by atoms with Gasteiger partial charge in [0.05, 0.1) is 19.8 Å². The molecule has 1 aromatic carbocycles. The zero-order chi connectivity index (χ0) is 14.5. The van der Waals surface area contributed by atoms with Gasteiger partial charge in [-0.25, -0.2) is 0 Å². The highest BCUT2D eigenvalue weighted by Crippen LogP contribution is 2.22. The van der Waals surface area contributed by atoms with Crippen molar-refractivity contribution in [2.45, 2.75) is 25.7 Å². The minimum Gasteiger partial charge on any atom is -0.497 e. The molecule has 0 aromatic heterocycles. The van der Waals surface area contributed by atoms with E-state index in [0.717, 1.165) is 11.3 Å². The lowest BCUT2D eigenvalue weighted by Crippen LogP contribution is -2.41. The van der Waals surface area contributed by atoms with E-state index in [1.165, 1.54) is 0 Å². The summed E-state index contributed by atoms with van der Waals surface area (Å²) in [5.41, 5.74) is 1.05. The molecule has 0 N–H and O–H groups in total. The van der Waals surface area contributed by atoms with Crippen molar-refractivity contribution in [1.29, 1.82) is 0 Å². The minimum atomic E-state index is -0.231. The van der Waals surface area contributed by atoms with Crippen molar-refractivity contribution in [3.63, 3.8) is 0 Å². The fraction of sp³-hybridized carbons (Fsp3) is 0.438. The Hall–Kier alpha value is -1.65. The number of hydrogen-bond acceptors (Lipinski definition) is 4. The number of ether oxygens (including phenoxy) is 3. The molecular formula is C16H20O4. The van der Waals surface area contributed by atoms with Gasteiger partial charge in [0.1, 0.15) is 11.9 Å². The molecule has 0 aliphatic heterocycles. The lowest BCUT2D eigenvalue weighted by molar-refractivity contribution is -0.129. The molecule has 4 heteroatoms. The smallest absolute Gasteiger partial charge is 0.160 e. The number of rotatable bonds is 5. The third kappa shape index (κ3) is 3.26. The molecule has 0 saturated heterocycles. The lowest BCUT2D eigenvalue weighted by atomic mass is 9.89. The van der Waals surface area contributed by atoms with Gasteiger partial charge in [-0.15, -0.1) is 0 Å². The molecule has 0 heterocycles. The number of benzene rings is 1. The molecule has 0 spiro atoms. The number of hydrogen-bond donors (Lipinski definition) is 0. The van der Waals surface area contributed by atoms with Crippen LogP contribution >= 0.6 is 0 Å². The third-order valence-electron chi connectivity index (χ3n) is 3.59. The molecule has 20 heavy (non-hydrogen) atoms. The molecule has 1 aromatic rings. The van der Waals surface area contributed by atoms with Gasteiger partial charge in [0.2, 0.25) is 0 Å². The highest BCUT2D eigenvalue weighted by Gasteiger charge is 2.33. The Balaban J connectivity index is 1.98. The van der Waals surface area contributed by atoms with E-state index in [2.05, 4.69) is 0 Å². The van der Waals surface area contributed by atoms with Gasteiger partial charge in [-0.1, -0.05) is 19.1 Å².